The van der Waals surface area contributed by atoms with Gasteiger partial charge in [0.05, 0.1) is 0 Å². The standard InChI is InChI=1S/C20H23ClN2O2/c1-14-6-4-5-7-17(14)23-19(25)20(2,3)18(24)22-13-12-15-8-10-16(21)11-9-15/h4-11H,12-13H2,1-3H3,(H,22,24)(H,23,25). The van der Waals surface area contributed by atoms with Crippen LogP contribution in [0.5, 0.6) is 0 Å². The highest BCUT2D eigenvalue weighted by molar-refractivity contribution is 6.30. The van der Waals surface area contributed by atoms with Crippen LogP contribution < -0.4 is 10.6 Å². The summed E-state index contributed by atoms with van der Waals surface area (Å²) in [5, 5.41) is 6.35. The molecule has 0 aliphatic heterocycles. The predicted octanol–water partition coefficient (Wildman–Crippen LogP) is 3.97. The average molecular weight is 359 g/mol. The van der Waals surface area contributed by atoms with E-state index in [9.17, 15) is 9.59 Å². The lowest BCUT2D eigenvalue weighted by Crippen LogP contribution is -2.45. The molecule has 0 bridgehead atoms. The van der Waals surface area contributed by atoms with Crippen LogP contribution in [-0.4, -0.2) is 18.4 Å². The van der Waals surface area contributed by atoms with Gasteiger partial charge in [0.15, 0.2) is 0 Å². The van der Waals surface area contributed by atoms with Crippen LogP contribution in [0.2, 0.25) is 5.02 Å². The smallest absolute Gasteiger partial charge is 0.239 e. The van der Waals surface area contributed by atoms with Crippen LogP contribution >= 0.6 is 11.6 Å². The minimum Gasteiger partial charge on any atom is -0.355 e. The Labute approximate surface area is 153 Å². The van der Waals surface area contributed by atoms with Crippen molar-refractivity contribution in [2.24, 2.45) is 5.41 Å². The highest BCUT2D eigenvalue weighted by atomic mass is 35.5. The molecule has 0 saturated heterocycles. The molecule has 0 aromatic heterocycles. The first-order valence-corrected chi connectivity index (χ1v) is 8.58. The molecule has 2 aromatic carbocycles. The second-order valence-electron chi connectivity index (χ2n) is 6.53. The van der Waals surface area contributed by atoms with Crippen molar-refractivity contribution in [3.8, 4) is 0 Å². The van der Waals surface area contributed by atoms with E-state index in [0.717, 1.165) is 16.8 Å². The molecule has 2 rings (SSSR count). The van der Waals surface area contributed by atoms with E-state index in [-0.39, 0.29) is 11.8 Å². The fourth-order valence-corrected chi connectivity index (χ4v) is 2.41. The van der Waals surface area contributed by atoms with Gasteiger partial charge in [-0.25, -0.2) is 0 Å². The quantitative estimate of drug-likeness (QED) is 0.767. The zero-order valence-electron chi connectivity index (χ0n) is 14.7. The Hall–Kier alpha value is -2.33. The third-order valence-electron chi connectivity index (χ3n) is 4.14. The van der Waals surface area contributed by atoms with Crippen LogP contribution in [0, 0.1) is 12.3 Å². The van der Waals surface area contributed by atoms with Crippen LogP contribution in [-0.2, 0) is 16.0 Å². The van der Waals surface area contributed by atoms with E-state index < -0.39 is 5.41 Å². The number of aryl methyl sites for hydroxylation is 1. The van der Waals surface area contributed by atoms with E-state index in [2.05, 4.69) is 10.6 Å². The van der Waals surface area contributed by atoms with E-state index in [1.54, 1.807) is 13.8 Å². The molecule has 2 N–H and O–H groups in total. The van der Waals surface area contributed by atoms with E-state index in [4.69, 9.17) is 11.6 Å². The average Bonchev–Trinajstić information content (AvgIpc) is 2.58. The Morgan fingerprint density at radius 3 is 2.28 bits per heavy atom. The summed E-state index contributed by atoms with van der Waals surface area (Å²) in [7, 11) is 0. The van der Waals surface area contributed by atoms with Crippen molar-refractivity contribution < 1.29 is 9.59 Å². The van der Waals surface area contributed by atoms with Crippen LogP contribution in [0.15, 0.2) is 48.5 Å². The Balaban J connectivity index is 1.91. The van der Waals surface area contributed by atoms with Crippen molar-refractivity contribution in [3.63, 3.8) is 0 Å². The van der Waals surface area contributed by atoms with Crippen molar-refractivity contribution in [1.29, 1.82) is 0 Å². The second kappa shape index (κ2) is 8.17. The summed E-state index contributed by atoms with van der Waals surface area (Å²) in [5.74, 6) is -0.627. The highest BCUT2D eigenvalue weighted by Gasteiger charge is 2.36. The minimum atomic E-state index is -1.16. The molecule has 25 heavy (non-hydrogen) atoms. The molecule has 0 saturated carbocycles. The van der Waals surface area contributed by atoms with Gasteiger partial charge in [-0.3, -0.25) is 9.59 Å². The van der Waals surface area contributed by atoms with Crippen molar-refractivity contribution in [2.75, 3.05) is 11.9 Å². The van der Waals surface area contributed by atoms with Crippen LogP contribution in [0.1, 0.15) is 25.0 Å². The molecule has 2 amide bonds. The van der Waals surface area contributed by atoms with Crippen molar-refractivity contribution in [1.82, 2.24) is 5.32 Å². The monoisotopic (exact) mass is 358 g/mol. The third-order valence-corrected chi connectivity index (χ3v) is 4.39. The summed E-state index contributed by atoms with van der Waals surface area (Å²) < 4.78 is 0. The number of hydrogen-bond acceptors (Lipinski definition) is 2. The van der Waals surface area contributed by atoms with Gasteiger partial charge in [0.25, 0.3) is 0 Å². The number of amides is 2. The highest BCUT2D eigenvalue weighted by Crippen LogP contribution is 2.21. The first-order chi connectivity index (χ1) is 11.8. The second-order valence-corrected chi connectivity index (χ2v) is 6.96. The molecule has 0 radical (unpaired) electrons. The Morgan fingerprint density at radius 1 is 1.00 bits per heavy atom. The lowest BCUT2D eigenvalue weighted by atomic mass is 9.90. The van der Waals surface area contributed by atoms with Crippen molar-refractivity contribution in [3.05, 3.63) is 64.7 Å². The molecule has 5 heteroatoms. The van der Waals surface area contributed by atoms with Crippen LogP contribution in [0.25, 0.3) is 0 Å². The van der Waals surface area contributed by atoms with Crippen molar-refractivity contribution in [2.45, 2.75) is 27.2 Å². The number of rotatable bonds is 6. The number of halogens is 1. The number of benzene rings is 2. The lowest BCUT2D eigenvalue weighted by molar-refractivity contribution is -0.138. The molecular weight excluding hydrogens is 336 g/mol. The fraction of sp³-hybridized carbons (Fsp3) is 0.300. The van der Waals surface area contributed by atoms with Gasteiger partial charge in [0.2, 0.25) is 11.8 Å². The van der Waals surface area contributed by atoms with Crippen LogP contribution in [0.4, 0.5) is 5.69 Å². The van der Waals surface area contributed by atoms with Gasteiger partial charge in [-0.15, -0.1) is 0 Å². The fourth-order valence-electron chi connectivity index (χ4n) is 2.29. The predicted molar refractivity (Wildman–Crippen MR) is 102 cm³/mol. The largest absolute Gasteiger partial charge is 0.355 e. The third kappa shape index (κ3) is 5.07. The van der Waals surface area contributed by atoms with Gasteiger partial charge in [0, 0.05) is 17.3 Å². The first kappa shape index (κ1) is 19.0. The van der Waals surface area contributed by atoms with Gasteiger partial charge in [-0.2, -0.15) is 0 Å². The molecule has 2 aromatic rings. The summed E-state index contributed by atoms with van der Waals surface area (Å²) in [6.45, 7) is 5.62. The Bertz CT molecular complexity index is 755. The SMILES string of the molecule is Cc1ccccc1NC(=O)C(C)(C)C(=O)NCCc1ccc(Cl)cc1. The zero-order chi connectivity index (χ0) is 18.4. The number of nitrogens with one attached hydrogen (secondary N) is 2. The van der Waals surface area contributed by atoms with E-state index in [1.807, 2.05) is 55.5 Å². The molecule has 0 aliphatic carbocycles. The first-order valence-electron chi connectivity index (χ1n) is 8.20. The van der Waals surface area contributed by atoms with Crippen molar-refractivity contribution >= 4 is 29.1 Å². The molecule has 0 aliphatic rings. The maximum Gasteiger partial charge on any atom is 0.239 e. The molecule has 0 fully saturated rings. The number of carbonyl (C=O) groups is 2. The maximum absolute atomic E-state index is 12.5. The molecule has 0 spiro atoms. The summed E-state index contributed by atoms with van der Waals surface area (Å²) in [6, 6.07) is 15.0. The zero-order valence-corrected chi connectivity index (χ0v) is 15.5. The van der Waals surface area contributed by atoms with Gasteiger partial charge in [-0.1, -0.05) is 41.9 Å². The maximum atomic E-state index is 12.5. The minimum absolute atomic E-state index is 0.299. The van der Waals surface area contributed by atoms with E-state index >= 15 is 0 Å². The topological polar surface area (TPSA) is 58.2 Å². The normalized spacial score (nSPS) is 11.0. The lowest BCUT2D eigenvalue weighted by Gasteiger charge is -2.23. The molecular formula is C20H23ClN2O2. The molecule has 0 atom stereocenters. The Kier molecular flexibility index (Phi) is 6.21. The summed E-state index contributed by atoms with van der Waals surface area (Å²) in [4.78, 5) is 24.9. The summed E-state index contributed by atoms with van der Waals surface area (Å²) in [5.41, 5.74) is 1.58. The molecule has 0 heterocycles. The van der Waals surface area contributed by atoms with Gasteiger partial charge < -0.3 is 10.6 Å². The van der Waals surface area contributed by atoms with E-state index in [0.29, 0.717) is 18.0 Å². The number of para-hydroxylation sites is 1. The molecule has 0 unspecified atom stereocenters. The van der Waals surface area contributed by atoms with Gasteiger partial charge in [0.1, 0.15) is 5.41 Å². The summed E-state index contributed by atoms with van der Waals surface area (Å²) >= 11 is 5.85. The number of anilines is 1. The van der Waals surface area contributed by atoms with Gasteiger partial charge >= 0.3 is 0 Å². The van der Waals surface area contributed by atoms with Crippen LogP contribution in [0.3, 0.4) is 0 Å². The number of carbonyl (C=O) groups excluding carboxylic acids is 2. The molecule has 132 valence electrons. The van der Waals surface area contributed by atoms with Gasteiger partial charge in [-0.05, 0) is 56.5 Å². The number of hydrogen-bond donors (Lipinski definition) is 2. The van der Waals surface area contributed by atoms with E-state index in [1.165, 1.54) is 0 Å². The Morgan fingerprint density at radius 2 is 1.64 bits per heavy atom. The summed E-state index contributed by atoms with van der Waals surface area (Å²) in [6.07, 6.45) is 0.679. The molecule has 4 nitrogen and oxygen atoms in total.